The Bertz CT molecular complexity index is 814. The zero-order valence-corrected chi connectivity index (χ0v) is 22.6. The van der Waals surface area contributed by atoms with Crippen molar-refractivity contribution in [2.45, 2.75) is 92.0 Å². The third-order valence-electron chi connectivity index (χ3n) is 6.64. The molecule has 9 heteroatoms. The number of hydrogen-bond acceptors (Lipinski definition) is 6. The van der Waals surface area contributed by atoms with E-state index < -0.39 is 24.3 Å². The molecule has 2 N–H and O–H groups in total. The molecule has 0 radical (unpaired) electrons. The maximum absolute atomic E-state index is 13.8. The molecule has 0 bridgehead atoms. The van der Waals surface area contributed by atoms with Crippen LogP contribution in [-0.2, 0) is 24.0 Å². The second-order valence-corrected chi connectivity index (χ2v) is 10.4. The third-order valence-corrected chi connectivity index (χ3v) is 6.64. The van der Waals surface area contributed by atoms with Crippen LogP contribution in [0.25, 0.3) is 0 Å². The highest BCUT2D eigenvalue weighted by atomic mass is 16.8. The number of hydroxylamine groups is 2. The largest absolute Gasteiger partial charge is 0.350 e. The van der Waals surface area contributed by atoms with Gasteiger partial charge >= 0.3 is 0 Å². The molecule has 0 saturated carbocycles. The Kier molecular flexibility index (Phi) is 12.3. The molecule has 0 aliphatic carbocycles. The molecule has 0 spiro atoms. The number of anilines is 1. The molecule has 3 amide bonds. The van der Waals surface area contributed by atoms with Crippen LogP contribution in [0.1, 0.15) is 73.6 Å². The van der Waals surface area contributed by atoms with E-state index in [9.17, 15) is 14.4 Å². The molecule has 1 aromatic rings. The van der Waals surface area contributed by atoms with Crippen molar-refractivity contribution in [2.24, 2.45) is 23.7 Å². The molecular formula is C27H44N4O5. The van der Waals surface area contributed by atoms with Crippen LogP contribution in [0.2, 0.25) is 0 Å². The summed E-state index contributed by atoms with van der Waals surface area (Å²) < 4.78 is 5.68. The van der Waals surface area contributed by atoms with E-state index in [1.165, 1.54) is 5.06 Å². The molecule has 5 atom stereocenters. The van der Waals surface area contributed by atoms with Gasteiger partial charge in [-0.3, -0.25) is 14.4 Å². The number of amides is 3. The van der Waals surface area contributed by atoms with Crippen molar-refractivity contribution in [1.29, 1.82) is 0 Å². The number of carbonyl (C=O) groups excluding carboxylic acids is 3. The molecule has 9 nitrogen and oxygen atoms in total. The first-order valence-electron chi connectivity index (χ1n) is 13.2. The Morgan fingerprint density at radius 3 is 2.47 bits per heavy atom. The van der Waals surface area contributed by atoms with Crippen LogP contribution in [-0.4, -0.2) is 53.3 Å². The summed E-state index contributed by atoms with van der Waals surface area (Å²) in [4.78, 5) is 49.2. The van der Waals surface area contributed by atoms with Gasteiger partial charge in [0.25, 0.3) is 0 Å². The minimum absolute atomic E-state index is 0.0716. The average Bonchev–Trinajstić information content (AvgIpc) is 2.86. The predicted molar refractivity (Wildman–Crippen MR) is 138 cm³/mol. The number of nitrogens with zero attached hydrogens (tertiary/aromatic N) is 2. The lowest BCUT2D eigenvalue weighted by atomic mass is 9.83. The summed E-state index contributed by atoms with van der Waals surface area (Å²) in [5.74, 6) is -0.735. The van der Waals surface area contributed by atoms with Gasteiger partial charge < -0.3 is 15.4 Å². The van der Waals surface area contributed by atoms with Gasteiger partial charge in [-0.05, 0) is 49.1 Å². The average molecular weight is 505 g/mol. The summed E-state index contributed by atoms with van der Waals surface area (Å²) in [6.07, 6.45) is 5.58. The van der Waals surface area contributed by atoms with E-state index in [1.807, 2.05) is 41.5 Å². The van der Waals surface area contributed by atoms with Gasteiger partial charge in [0.15, 0.2) is 6.29 Å². The van der Waals surface area contributed by atoms with Gasteiger partial charge in [0, 0.05) is 19.2 Å². The topological polar surface area (TPSA) is 110 Å². The van der Waals surface area contributed by atoms with E-state index in [1.54, 1.807) is 24.4 Å². The minimum Gasteiger partial charge on any atom is -0.350 e. The van der Waals surface area contributed by atoms with Crippen molar-refractivity contribution in [3.05, 3.63) is 24.4 Å². The molecule has 36 heavy (non-hydrogen) atoms. The maximum atomic E-state index is 13.8. The Morgan fingerprint density at radius 2 is 1.94 bits per heavy atom. The van der Waals surface area contributed by atoms with Crippen LogP contribution in [0, 0.1) is 23.7 Å². The summed E-state index contributed by atoms with van der Waals surface area (Å²) in [7, 11) is 0. The van der Waals surface area contributed by atoms with Gasteiger partial charge in [-0.15, -0.1) is 0 Å². The molecule has 2 rings (SSSR count). The van der Waals surface area contributed by atoms with Gasteiger partial charge in [0.1, 0.15) is 11.9 Å². The normalized spacial score (nSPS) is 19.3. The van der Waals surface area contributed by atoms with E-state index in [0.717, 1.165) is 12.8 Å². The molecule has 1 fully saturated rings. The molecular weight excluding hydrogens is 460 g/mol. The lowest BCUT2D eigenvalue weighted by molar-refractivity contribution is -0.293. The van der Waals surface area contributed by atoms with Crippen molar-refractivity contribution in [1.82, 2.24) is 15.4 Å². The summed E-state index contributed by atoms with van der Waals surface area (Å²) in [6, 6.07) is 3.99. The molecule has 1 saturated heterocycles. The van der Waals surface area contributed by atoms with Gasteiger partial charge in [-0.1, -0.05) is 54.0 Å². The second kappa shape index (κ2) is 14.9. The van der Waals surface area contributed by atoms with E-state index >= 15 is 0 Å². The Morgan fingerprint density at radius 1 is 1.19 bits per heavy atom. The van der Waals surface area contributed by atoms with Crippen molar-refractivity contribution >= 4 is 24.0 Å². The zero-order chi connectivity index (χ0) is 26.7. The smallest absolute Gasteiger partial charge is 0.248 e. The highest BCUT2D eigenvalue weighted by Crippen LogP contribution is 2.28. The number of ether oxygens (including phenoxy) is 1. The SMILES string of the molecule is CC[C@H](C)[C@H](NC(=O)[C@H](CC(C)C)[C@H](C(C)C)N(C=O)OC1CCCCO1)C(=O)Nc1ccccn1. The minimum atomic E-state index is -0.751. The second-order valence-electron chi connectivity index (χ2n) is 10.4. The van der Waals surface area contributed by atoms with Crippen LogP contribution in [0.3, 0.4) is 0 Å². The first-order chi connectivity index (χ1) is 17.2. The van der Waals surface area contributed by atoms with Gasteiger partial charge in [0.05, 0.1) is 12.0 Å². The van der Waals surface area contributed by atoms with Gasteiger partial charge in [0.2, 0.25) is 18.2 Å². The molecule has 1 aromatic heterocycles. The number of carbonyl (C=O) groups is 3. The summed E-state index contributed by atoms with van der Waals surface area (Å²) in [6.45, 7) is 12.5. The van der Waals surface area contributed by atoms with Crippen molar-refractivity contribution < 1.29 is 24.0 Å². The van der Waals surface area contributed by atoms with E-state index in [0.29, 0.717) is 38.1 Å². The molecule has 1 unspecified atom stereocenters. The van der Waals surface area contributed by atoms with Crippen LogP contribution in [0.4, 0.5) is 5.82 Å². The van der Waals surface area contributed by atoms with Gasteiger partial charge in [-0.25, -0.2) is 14.9 Å². The summed E-state index contributed by atoms with van der Waals surface area (Å²) in [5, 5.41) is 7.08. The Balaban J connectivity index is 2.27. The number of rotatable bonds is 14. The monoisotopic (exact) mass is 504 g/mol. The van der Waals surface area contributed by atoms with Crippen LogP contribution < -0.4 is 10.6 Å². The first kappa shape index (κ1) is 29.7. The van der Waals surface area contributed by atoms with E-state index in [4.69, 9.17) is 9.57 Å². The fourth-order valence-corrected chi connectivity index (χ4v) is 4.54. The molecule has 0 aromatic carbocycles. The van der Waals surface area contributed by atoms with Crippen LogP contribution in [0.15, 0.2) is 24.4 Å². The van der Waals surface area contributed by atoms with Crippen LogP contribution >= 0.6 is 0 Å². The van der Waals surface area contributed by atoms with Crippen molar-refractivity contribution in [3.63, 3.8) is 0 Å². The van der Waals surface area contributed by atoms with Crippen molar-refractivity contribution in [2.75, 3.05) is 11.9 Å². The number of nitrogens with one attached hydrogen (secondary N) is 2. The summed E-state index contributed by atoms with van der Waals surface area (Å²) >= 11 is 0. The first-order valence-corrected chi connectivity index (χ1v) is 13.2. The predicted octanol–water partition coefficient (Wildman–Crippen LogP) is 4.15. The van der Waals surface area contributed by atoms with E-state index in [2.05, 4.69) is 15.6 Å². The number of pyridine rings is 1. The summed E-state index contributed by atoms with van der Waals surface area (Å²) in [5.41, 5.74) is 0. The quantitative estimate of drug-likeness (QED) is 0.291. The Labute approximate surface area is 215 Å². The van der Waals surface area contributed by atoms with Crippen molar-refractivity contribution in [3.8, 4) is 0 Å². The highest BCUT2D eigenvalue weighted by molar-refractivity contribution is 5.97. The molecule has 1 aliphatic heterocycles. The molecule has 1 aliphatic rings. The zero-order valence-electron chi connectivity index (χ0n) is 22.6. The maximum Gasteiger partial charge on any atom is 0.248 e. The molecule has 202 valence electrons. The van der Waals surface area contributed by atoms with Crippen LogP contribution in [0.5, 0.6) is 0 Å². The van der Waals surface area contributed by atoms with Gasteiger partial charge in [-0.2, -0.15) is 0 Å². The molecule has 2 heterocycles. The van der Waals surface area contributed by atoms with E-state index in [-0.39, 0.29) is 29.6 Å². The fraction of sp³-hybridized carbons (Fsp3) is 0.704. The number of aromatic nitrogens is 1. The lowest BCUT2D eigenvalue weighted by Gasteiger charge is -2.39. The fourth-order valence-electron chi connectivity index (χ4n) is 4.54. The number of hydrogen-bond donors (Lipinski definition) is 2. The standard InChI is InChI=1S/C27H44N4O5/c1-7-20(6)24(27(34)29-22-12-8-10-14-28-22)30-26(33)21(16-18(2)3)25(19(4)5)31(17-32)36-23-13-9-11-15-35-23/h8,10,12,14,17-21,23-25H,7,9,11,13,15-16H2,1-6H3,(H,30,33)(H,28,29,34)/t20-,21+,23?,24-,25-/m0/s1. The lowest BCUT2D eigenvalue weighted by Crippen LogP contribution is -2.55. The highest BCUT2D eigenvalue weighted by Gasteiger charge is 2.39. The Hall–Kier alpha value is -2.52. The third kappa shape index (κ3) is 8.85.